The number of hydrogen-bond donors (Lipinski definition) is 1. The second-order valence-corrected chi connectivity index (χ2v) is 7.86. The van der Waals surface area contributed by atoms with E-state index in [1.54, 1.807) is 0 Å². The highest BCUT2D eigenvalue weighted by molar-refractivity contribution is 5.82. The lowest BCUT2D eigenvalue weighted by Gasteiger charge is -2.44. The van der Waals surface area contributed by atoms with E-state index < -0.39 is 5.60 Å². The highest BCUT2D eigenvalue weighted by Crippen LogP contribution is 2.47. The van der Waals surface area contributed by atoms with Gasteiger partial charge in [-0.15, -0.1) is 0 Å². The van der Waals surface area contributed by atoms with Gasteiger partial charge in [-0.1, -0.05) is 48.5 Å². The second kappa shape index (κ2) is 6.19. The summed E-state index contributed by atoms with van der Waals surface area (Å²) in [5.74, 6) is 0. The lowest BCUT2D eigenvalue weighted by Crippen LogP contribution is -2.49. The summed E-state index contributed by atoms with van der Waals surface area (Å²) in [5.41, 5.74) is 2.64. The Hall–Kier alpha value is -2.23. The molecule has 1 N–H and O–H groups in total. The quantitative estimate of drug-likeness (QED) is 0.772. The molecule has 26 heavy (non-hydrogen) atoms. The third-order valence-electron chi connectivity index (χ3n) is 6.27. The molecule has 5 rings (SSSR count). The molecule has 3 nitrogen and oxygen atoms in total. The maximum Gasteiger partial charge on any atom is 0.0932 e. The van der Waals surface area contributed by atoms with Gasteiger partial charge < -0.3 is 5.11 Å². The van der Waals surface area contributed by atoms with Crippen LogP contribution in [0.4, 0.5) is 0 Å². The Morgan fingerprint density at radius 1 is 0.923 bits per heavy atom. The largest absolute Gasteiger partial charge is 0.385 e. The SMILES string of the molecule is OC1(c2cccc3ncccc23)CC2CCC(C1)N2Cc1ccccc1. The van der Waals surface area contributed by atoms with Crippen LogP contribution < -0.4 is 0 Å². The van der Waals surface area contributed by atoms with Crippen LogP contribution in [-0.4, -0.2) is 27.1 Å². The number of aliphatic hydroxyl groups is 1. The number of hydrogen-bond acceptors (Lipinski definition) is 3. The van der Waals surface area contributed by atoms with Crippen LogP contribution in [0, 0.1) is 0 Å². The third-order valence-corrected chi connectivity index (χ3v) is 6.27. The third kappa shape index (κ3) is 2.63. The van der Waals surface area contributed by atoms with Crippen LogP contribution in [0.2, 0.25) is 0 Å². The van der Waals surface area contributed by atoms with Crippen molar-refractivity contribution in [2.75, 3.05) is 0 Å². The predicted molar refractivity (Wildman–Crippen MR) is 104 cm³/mol. The Balaban J connectivity index is 1.46. The van der Waals surface area contributed by atoms with Gasteiger partial charge in [0.15, 0.2) is 0 Å². The molecule has 2 aromatic carbocycles. The van der Waals surface area contributed by atoms with Crippen molar-refractivity contribution < 1.29 is 5.11 Å². The van der Waals surface area contributed by atoms with Gasteiger partial charge >= 0.3 is 0 Å². The van der Waals surface area contributed by atoms with Crippen LogP contribution >= 0.6 is 0 Å². The van der Waals surface area contributed by atoms with Crippen LogP contribution in [0.5, 0.6) is 0 Å². The summed E-state index contributed by atoms with van der Waals surface area (Å²) in [4.78, 5) is 7.09. The van der Waals surface area contributed by atoms with Gasteiger partial charge in [-0.05, 0) is 48.9 Å². The zero-order valence-electron chi connectivity index (χ0n) is 14.9. The fourth-order valence-corrected chi connectivity index (χ4v) is 5.10. The molecule has 0 radical (unpaired) electrons. The van der Waals surface area contributed by atoms with Gasteiger partial charge in [0.05, 0.1) is 11.1 Å². The Bertz CT molecular complexity index is 904. The first-order chi connectivity index (χ1) is 12.7. The molecule has 2 fully saturated rings. The standard InChI is InChI=1S/C23H24N2O/c26-23(21-9-4-10-22-20(21)8-5-13-24-22)14-18-11-12-19(15-23)25(18)16-17-6-2-1-3-7-17/h1-10,13,18-19,26H,11-12,14-16H2. The second-order valence-electron chi connectivity index (χ2n) is 7.86. The summed E-state index contributed by atoms with van der Waals surface area (Å²) in [5, 5.41) is 12.7. The van der Waals surface area contributed by atoms with E-state index >= 15 is 0 Å². The molecule has 0 saturated carbocycles. The monoisotopic (exact) mass is 344 g/mol. The maximum absolute atomic E-state index is 11.7. The number of piperidine rings is 1. The van der Waals surface area contributed by atoms with E-state index in [2.05, 4.69) is 52.3 Å². The Morgan fingerprint density at radius 3 is 2.46 bits per heavy atom. The van der Waals surface area contributed by atoms with Crippen LogP contribution in [0.3, 0.4) is 0 Å². The summed E-state index contributed by atoms with van der Waals surface area (Å²) < 4.78 is 0. The topological polar surface area (TPSA) is 36.4 Å². The number of benzene rings is 2. The molecule has 3 heterocycles. The normalized spacial score (nSPS) is 28.5. The maximum atomic E-state index is 11.7. The van der Waals surface area contributed by atoms with Crippen molar-refractivity contribution in [2.24, 2.45) is 0 Å². The molecule has 2 aliphatic rings. The minimum atomic E-state index is -0.748. The fraction of sp³-hybridized carbons (Fsp3) is 0.348. The number of fused-ring (bicyclic) bond motifs is 3. The summed E-state index contributed by atoms with van der Waals surface area (Å²) in [6.07, 6.45) is 5.81. The molecule has 132 valence electrons. The molecule has 0 aliphatic carbocycles. The fourth-order valence-electron chi connectivity index (χ4n) is 5.10. The molecule has 1 aromatic heterocycles. The number of pyridine rings is 1. The van der Waals surface area contributed by atoms with Crippen molar-refractivity contribution >= 4 is 10.9 Å². The molecule has 2 atom stereocenters. The molecule has 3 heteroatoms. The average Bonchev–Trinajstić information content (AvgIpc) is 2.92. The van der Waals surface area contributed by atoms with Crippen LogP contribution in [-0.2, 0) is 12.1 Å². The smallest absolute Gasteiger partial charge is 0.0932 e. The molecule has 2 unspecified atom stereocenters. The first-order valence-electron chi connectivity index (χ1n) is 9.59. The first kappa shape index (κ1) is 16.0. The molecule has 2 bridgehead atoms. The number of aromatic nitrogens is 1. The van der Waals surface area contributed by atoms with Crippen molar-refractivity contribution in [1.29, 1.82) is 0 Å². The van der Waals surface area contributed by atoms with E-state index in [4.69, 9.17) is 0 Å². The lowest BCUT2D eigenvalue weighted by molar-refractivity contribution is -0.0585. The van der Waals surface area contributed by atoms with E-state index in [0.29, 0.717) is 12.1 Å². The van der Waals surface area contributed by atoms with E-state index in [0.717, 1.165) is 35.9 Å². The van der Waals surface area contributed by atoms with Crippen molar-refractivity contribution in [3.05, 3.63) is 78.0 Å². The van der Waals surface area contributed by atoms with E-state index in [-0.39, 0.29) is 0 Å². The summed E-state index contributed by atoms with van der Waals surface area (Å²) >= 11 is 0. The lowest BCUT2D eigenvalue weighted by atomic mass is 9.79. The van der Waals surface area contributed by atoms with Gasteiger partial charge in [0, 0.05) is 30.2 Å². The van der Waals surface area contributed by atoms with Crippen LogP contribution in [0.15, 0.2) is 66.9 Å². The van der Waals surface area contributed by atoms with Crippen molar-refractivity contribution in [3.8, 4) is 0 Å². The number of nitrogens with zero attached hydrogens (tertiary/aromatic N) is 2. The zero-order valence-corrected chi connectivity index (χ0v) is 14.9. The van der Waals surface area contributed by atoms with Crippen molar-refractivity contribution in [3.63, 3.8) is 0 Å². The Kier molecular flexibility index (Phi) is 3.80. The molecule has 2 aliphatic heterocycles. The minimum absolute atomic E-state index is 0.450. The Morgan fingerprint density at radius 2 is 1.69 bits per heavy atom. The Labute approximate surface area is 154 Å². The van der Waals surface area contributed by atoms with Gasteiger partial charge in [-0.25, -0.2) is 0 Å². The molecular formula is C23H24N2O. The van der Waals surface area contributed by atoms with Crippen LogP contribution in [0.25, 0.3) is 10.9 Å². The highest BCUT2D eigenvalue weighted by atomic mass is 16.3. The van der Waals surface area contributed by atoms with Gasteiger partial charge in [0.2, 0.25) is 0 Å². The van der Waals surface area contributed by atoms with E-state index in [9.17, 15) is 5.11 Å². The minimum Gasteiger partial charge on any atom is -0.385 e. The molecule has 0 spiro atoms. The molecule has 0 amide bonds. The molecular weight excluding hydrogens is 320 g/mol. The molecule has 3 aromatic rings. The van der Waals surface area contributed by atoms with Gasteiger partial charge in [0.25, 0.3) is 0 Å². The summed E-state index contributed by atoms with van der Waals surface area (Å²) in [6.45, 7) is 0.989. The van der Waals surface area contributed by atoms with E-state index in [1.807, 2.05) is 24.4 Å². The summed E-state index contributed by atoms with van der Waals surface area (Å²) in [6, 6.07) is 21.8. The highest BCUT2D eigenvalue weighted by Gasteiger charge is 2.48. The first-order valence-corrected chi connectivity index (χ1v) is 9.59. The van der Waals surface area contributed by atoms with Gasteiger partial charge in [-0.2, -0.15) is 0 Å². The van der Waals surface area contributed by atoms with Gasteiger partial charge in [-0.3, -0.25) is 9.88 Å². The van der Waals surface area contributed by atoms with Crippen LogP contribution in [0.1, 0.15) is 36.8 Å². The van der Waals surface area contributed by atoms with Crippen molar-refractivity contribution in [2.45, 2.75) is 49.9 Å². The van der Waals surface area contributed by atoms with Gasteiger partial charge in [0.1, 0.15) is 0 Å². The zero-order chi connectivity index (χ0) is 17.6. The average molecular weight is 344 g/mol. The summed E-state index contributed by atoms with van der Waals surface area (Å²) in [7, 11) is 0. The molecule has 2 saturated heterocycles. The van der Waals surface area contributed by atoms with E-state index in [1.165, 1.54) is 18.4 Å². The number of rotatable bonds is 3. The van der Waals surface area contributed by atoms with Crippen molar-refractivity contribution in [1.82, 2.24) is 9.88 Å². The predicted octanol–water partition coefficient (Wildman–Crippen LogP) is 4.25.